The van der Waals surface area contributed by atoms with Crippen molar-refractivity contribution in [3.63, 3.8) is 0 Å². The zero-order valence-electron chi connectivity index (χ0n) is 16.6. The Morgan fingerprint density at radius 1 is 1.00 bits per heavy atom. The monoisotopic (exact) mass is 506 g/mol. The van der Waals surface area contributed by atoms with E-state index in [1.807, 2.05) is 0 Å². The Kier molecular flexibility index (Phi) is 7.55. The molecule has 0 aliphatic carbocycles. The van der Waals surface area contributed by atoms with Gasteiger partial charge in [0.2, 0.25) is 0 Å². The zero-order valence-corrected chi connectivity index (χ0v) is 18.2. The van der Waals surface area contributed by atoms with Crippen molar-refractivity contribution in [1.82, 2.24) is 10.3 Å². The van der Waals surface area contributed by atoms with Crippen molar-refractivity contribution in [3.8, 4) is 17.2 Å². The second kappa shape index (κ2) is 10.5. The summed E-state index contributed by atoms with van der Waals surface area (Å²) in [4.78, 5) is 27.9. The summed E-state index contributed by atoms with van der Waals surface area (Å²) >= 11 is 3.22. The molecule has 32 heavy (non-hydrogen) atoms. The number of nitrogens with zero attached hydrogens (tertiary/aromatic N) is 1. The maximum absolute atomic E-state index is 12.6. The van der Waals surface area contributed by atoms with Crippen LogP contribution in [0.3, 0.4) is 0 Å². The standard InChI is InChI=1S/C21H17BrF2N4O4/c1-25-19(29)17-11-15(8-9-26-17)31-14-5-3-13(4-6-14)27-21(30)28-16-10-12(22)2-7-18(16)32-20(23)24/h2-11,20H,1H3,(H,25,29)(H2,27,28,30). The Bertz CT molecular complexity index is 1110. The van der Waals surface area contributed by atoms with E-state index >= 15 is 0 Å². The molecule has 3 rings (SSSR count). The molecule has 11 heteroatoms. The lowest BCUT2D eigenvalue weighted by molar-refractivity contribution is -0.0493. The van der Waals surface area contributed by atoms with Crippen molar-refractivity contribution in [1.29, 1.82) is 0 Å². The molecule has 0 saturated carbocycles. The summed E-state index contributed by atoms with van der Waals surface area (Å²) in [6, 6.07) is 13.1. The molecule has 2 aromatic carbocycles. The SMILES string of the molecule is CNC(=O)c1cc(Oc2ccc(NC(=O)Nc3cc(Br)ccc3OC(F)F)cc2)ccn1. The second-order valence-corrected chi connectivity index (χ2v) is 7.10. The fourth-order valence-corrected chi connectivity index (χ4v) is 2.91. The molecule has 1 heterocycles. The zero-order chi connectivity index (χ0) is 23.1. The van der Waals surface area contributed by atoms with Gasteiger partial charge in [-0.3, -0.25) is 9.78 Å². The van der Waals surface area contributed by atoms with Crippen LogP contribution in [0.2, 0.25) is 0 Å². The average molecular weight is 507 g/mol. The maximum Gasteiger partial charge on any atom is 0.387 e. The number of rotatable bonds is 7. The van der Waals surface area contributed by atoms with Gasteiger partial charge in [-0.2, -0.15) is 8.78 Å². The Balaban J connectivity index is 1.63. The molecule has 166 valence electrons. The summed E-state index contributed by atoms with van der Waals surface area (Å²) in [6.45, 7) is -3.03. The number of pyridine rings is 1. The van der Waals surface area contributed by atoms with Crippen LogP contribution in [0.5, 0.6) is 17.2 Å². The summed E-state index contributed by atoms with van der Waals surface area (Å²) in [5.74, 6) is 0.368. The number of carbonyl (C=O) groups is 2. The van der Waals surface area contributed by atoms with Gasteiger partial charge in [-0.25, -0.2) is 4.79 Å². The quantitative estimate of drug-likeness (QED) is 0.406. The molecule has 1 aromatic heterocycles. The van der Waals surface area contributed by atoms with Gasteiger partial charge < -0.3 is 25.4 Å². The minimum atomic E-state index is -3.03. The lowest BCUT2D eigenvalue weighted by Gasteiger charge is -2.13. The predicted octanol–water partition coefficient (Wildman–Crippen LogP) is 5.24. The van der Waals surface area contributed by atoms with Gasteiger partial charge in [-0.1, -0.05) is 15.9 Å². The highest BCUT2D eigenvalue weighted by Crippen LogP contribution is 2.30. The molecular formula is C21H17BrF2N4O4. The Hall–Kier alpha value is -3.73. The minimum Gasteiger partial charge on any atom is -0.457 e. The molecular weight excluding hydrogens is 490 g/mol. The molecule has 3 aromatic rings. The van der Waals surface area contributed by atoms with E-state index in [9.17, 15) is 18.4 Å². The molecule has 0 saturated heterocycles. The minimum absolute atomic E-state index is 0.0711. The van der Waals surface area contributed by atoms with Gasteiger partial charge in [0.15, 0.2) is 0 Å². The Morgan fingerprint density at radius 2 is 1.75 bits per heavy atom. The van der Waals surface area contributed by atoms with Crippen LogP contribution in [0.1, 0.15) is 10.5 Å². The highest BCUT2D eigenvalue weighted by molar-refractivity contribution is 9.10. The van der Waals surface area contributed by atoms with Gasteiger partial charge in [0.05, 0.1) is 5.69 Å². The van der Waals surface area contributed by atoms with Crippen molar-refractivity contribution in [3.05, 3.63) is 71.0 Å². The van der Waals surface area contributed by atoms with Crippen LogP contribution in [0.25, 0.3) is 0 Å². The van der Waals surface area contributed by atoms with Gasteiger partial charge in [0.25, 0.3) is 5.91 Å². The van der Waals surface area contributed by atoms with Crippen LogP contribution in [0, 0.1) is 0 Å². The second-order valence-electron chi connectivity index (χ2n) is 6.18. The number of amides is 3. The summed E-state index contributed by atoms with van der Waals surface area (Å²) in [5, 5.41) is 7.53. The lowest BCUT2D eigenvalue weighted by atomic mass is 10.3. The normalized spacial score (nSPS) is 10.4. The topological polar surface area (TPSA) is 102 Å². The van der Waals surface area contributed by atoms with E-state index in [1.165, 1.54) is 37.5 Å². The van der Waals surface area contributed by atoms with Gasteiger partial charge in [-0.15, -0.1) is 0 Å². The highest BCUT2D eigenvalue weighted by atomic mass is 79.9. The fraction of sp³-hybridized carbons (Fsp3) is 0.0952. The molecule has 0 radical (unpaired) electrons. The Labute approximate surface area is 190 Å². The number of halogens is 3. The van der Waals surface area contributed by atoms with Gasteiger partial charge in [0.1, 0.15) is 22.9 Å². The van der Waals surface area contributed by atoms with E-state index in [4.69, 9.17) is 4.74 Å². The van der Waals surface area contributed by atoms with Crippen molar-refractivity contribution in [2.45, 2.75) is 6.61 Å². The third kappa shape index (κ3) is 6.38. The molecule has 0 aliphatic heterocycles. The van der Waals surface area contributed by atoms with Gasteiger partial charge in [0, 0.05) is 29.5 Å². The van der Waals surface area contributed by atoms with Gasteiger partial charge in [-0.05, 0) is 48.5 Å². The smallest absolute Gasteiger partial charge is 0.387 e. The highest BCUT2D eigenvalue weighted by Gasteiger charge is 2.13. The number of ether oxygens (including phenoxy) is 2. The number of anilines is 2. The van der Waals surface area contributed by atoms with E-state index in [1.54, 1.807) is 30.3 Å². The first-order valence-electron chi connectivity index (χ1n) is 9.12. The lowest BCUT2D eigenvalue weighted by Crippen LogP contribution is -2.20. The van der Waals surface area contributed by atoms with Crippen molar-refractivity contribution >= 4 is 39.2 Å². The number of aromatic nitrogens is 1. The summed E-state index contributed by atoms with van der Waals surface area (Å²) in [7, 11) is 1.50. The number of nitrogens with one attached hydrogen (secondary N) is 3. The number of urea groups is 1. The molecule has 3 amide bonds. The van der Waals surface area contributed by atoms with Crippen LogP contribution >= 0.6 is 15.9 Å². The van der Waals surface area contributed by atoms with Crippen LogP contribution in [0.4, 0.5) is 25.0 Å². The van der Waals surface area contributed by atoms with Crippen molar-refractivity contribution in [2.75, 3.05) is 17.7 Å². The van der Waals surface area contributed by atoms with Gasteiger partial charge >= 0.3 is 12.6 Å². The molecule has 0 fully saturated rings. The third-order valence-corrected chi connectivity index (χ3v) is 4.44. The fourth-order valence-electron chi connectivity index (χ4n) is 2.55. The van der Waals surface area contributed by atoms with Crippen LogP contribution in [0.15, 0.2) is 65.3 Å². The predicted molar refractivity (Wildman–Crippen MR) is 118 cm³/mol. The van der Waals surface area contributed by atoms with E-state index < -0.39 is 12.6 Å². The number of carbonyl (C=O) groups excluding carboxylic acids is 2. The molecule has 0 unspecified atom stereocenters. The molecule has 0 bridgehead atoms. The number of alkyl halides is 2. The summed E-state index contributed by atoms with van der Waals surface area (Å²) in [5.41, 5.74) is 0.714. The number of hydrogen-bond donors (Lipinski definition) is 3. The molecule has 8 nitrogen and oxygen atoms in total. The van der Waals surface area contributed by atoms with E-state index in [0.29, 0.717) is 21.7 Å². The van der Waals surface area contributed by atoms with Crippen LogP contribution in [-0.4, -0.2) is 30.6 Å². The molecule has 0 atom stereocenters. The number of benzene rings is 2. The van der Waals surface area contributed by atoms with E-state index in [0.717, 1.165) is 0 Å². The van der Waals surface area contributed by atoms with Crippen molar-refractivity contribution in [2.24, 2.45) is 0 Å². The van der Waals surface area contributed by atoms with Crippen LogP contribution < -0.4 is 25.4 Å². The summed E-state index contributed by atoms with van der Waals surface area (Å²) < 4.78 is 35.8. The molecule has 3 N–H and O–H groups in total. The maximum atomic E-state index is 12.6. The third-order valence-electron chi connectivity index (χ3n) is 3.94. The first-order chi connectivity index (χ1) is 15.3. The van der Waals surface area contributed by atoms with E-state index in [2.05, 4.69) is 41.6 Å². The average Bonchev–Trinajstić information content (AvgIpc) is 2.76. The van der Waals surface area contributed by atoms with Crippen molar-refractivity contribution < 1.29 is 27.8 Å². The first-order valence-corrected chi connectivity index (χ1v) is 9.92. The Morgan fingerprint density at radius 3 is 2.44 bits per heavy atom. The first kappa shape index (κ1) is 22.9. The molecule has 0 spiro atoms. The van der Waals surface area contributed by atoms with Crippen LogP contribution in [-0.2, 0) is 0 Å². The number of hydrogen-bond acceptors (Lipinski definition) is 5. The summed E-state index contributed by atoms with van der Waals surface area (Å²) in [6.07, 6.45) is 1.45. The van der Waals surface area contributed by atoms with E-state index in [-0.39, 0.29) is 23.0 Å². The molecule has 0 aliphatic rings. The largest absolute Gasteiger partial charge is 0.457 e.